The van der Waals surface area contributed by atoms with Crippen molar-refractivity contribution < 1.29 is 28.7 Å². The van der Waals surface area contributed by atoms with E-state index in [4.69, 9.17) is 9.47 Å². The maximum Gasteiger partial charge on any atom is 0.308 e. The second-order valence-electron chi connectivity index (χ2n) is 5.83. The predicted molar refractivity (Wildman–Crippen MR) is 89.3 cm³/mol. The van der Waals surface area contributed by atoms with Crippen LogP contribution in [0.3, 0.4) is 0 Å². The lowest BCUT2D eigenvalue weighted by Gasteiger charge is -2.33. The summed E-state index contributed by atoms with van der Waals surface area (Å²) < 4.78 is 10.2. The molecular weight excluding hydrogens is 328 g/mol. The Bertz CT molecular complexity index is 743. The molecule has 25 heavy (non-hydrogen) atoms. The van der Waals surface area contributed by atoms with Crippen molar-refractivity contribution in [2.45, 2.75) is 27.2 Å². The van der Waals surface area contributed by atoms with Gasteiger partial charge in [-0.2, -0.15) is 0 Å². The lowest BCUT2D eigenvalue weighted by Crippen LogP contribution is -2.41. The lowest BCUT2D eigenvalue weighted by atomic mass is 9.91. The fourth-order valence-corrected chi connectivity index (χ4v) is 2.76. The van der Waals surface area contributed by atoms with Crippen molar-refractivity contribution in [2.24, 2.45) is 5.92 Å². The van der Waals surface area contributed by atoms with Crippen LogP contribution < -0.4 is 15.0 Å². The van der Waals surface area contributed by atoms with Crippen LogP contribution in [-0.2, 0) is 30.3 Å². The smallest absolute Gasteiger partial charge is 0.308 e. The van der Waals surface area contributed by atoms with Gasteiger partial charge in [0.25, 0.3) is 0 Å². The van der Waals surface area contributed by atoms with Crippen molar-refractivity contribution in [1.82, 2.24) is 0 Å². The van der Waals surface area contributed by atoms with Crippen LogP contribution in [0.1, 0.15) is 26.3 Å². The summed E-state index contributed by atoms with van der Waals surface area (Å²) in [6, 6.07) is 3.36. The first-order valence-electron chi connectivity index (χ1n) is 7.73. The molecule has 1 heterocycles. The van der Waals surface area contributed by atoms with Gasteiger partial charge in [0.2, 0.25) is 11.8 Å². The topological polar surface area (TPSA) is 102 Å². The first-order valence-corrected chi connectivity index (χ1v) is 7.73. The molecule has 0 saturated heterocycles. The molecule has 8 nitrogen and oxygen atoms in total. The SMILES string of the molecule is CC(=O)Nc1ccc2c(c1OC(C)=O)N(C)C(=O)C(COC(C)=O)C2. The molecule has 1 aliphatic rings. The Kier molecular flexibility index (Phi) is 5.41. The van der Waals surface area contributed by atoms with E-state index in [1.54, 1.807) is 19.2 Å². The highest BCUT2D eigenvalue weighted by Gasteiger charge is 2.35. The predicted octanol–water partition coefficient (Wildman–Crippen LogP) is 1.27. The number of hydrogen-bond donors (Lipinski definition) is 1. The summed E-state index contributed by atoms with van der Waals surface area (Å²) in [4.78, 5) is 47.8. The average molecular weight is 348 g/mol. The molecule has 0 bridgehead atoms. The maximum atomic E-state index is 12.6. The van der Waals surface area contributed by atoms with Crippen LogP contribution in [0, 0.1) is 5.92 Å². The summed E-state index contributed by atoms with van der Waals surface area (Å²) in [5, 5.41) is 2.59. The summed E-state index contributed by atoms with van der Waals surface area (Å²) >= 11 is 0. The molecule has 1 atom stereocenters. The van der Waals surface area contributed by atoms with Crippen molar-refractivity contribution in [3.05, 3.63) is 17.7 Å². The zero-order chi connectivity index (χ0) is 18.7. The molecule has 1 aromatic carbocycles. The average Bonchev–Trinajstić information content (AvgIpc) is 2.50. The molecule has 134 valence electrons. The number of carbonyl (C=O) groups is 4. The Morgan fingerprint density at radius 2 is 1.88 bits per heavy atom. The van der Waals surface area contributed by atoms with Crippen LogP contribution >= 0.6 is 0 Å². The van der Waals surface area contributed by atoms with Crippen molar-refractivity contribution in [3.63, 3.8) is 0 Å². The number of amides is 2. The first-order chi connectivity index (χ1) is 11.7. The Morgan fingerprint density at radius 1 is 1.20 bits per heavy atom. The second-order valence-corrected chi connectivity index (χ2v) is 5.83. The van der Waals surface area contributed by atoms with E-state index in [1.165, 1.54) is 25.7 Å². The van der Waals surface area contributed by atoms with Crippen molar-refractivity contribution in [2.75, 3.05) is 23.9 Å². The van der Waals surface area contributed by atoms with Gasteiger partial charge in [-0.15, -0.1) is 0 Å². The van der Waals surface area contributed by atoms with E-state index in [0.29, 0.717) is 17.8 Å². The van der Waals surface area contributed by atoms with Crippen molar-refractivity contribution >= 4 is 35.1 Å². The van der Waals surface area contributed by atoms with Crippen LogP contribution in [0.5, 0.6) is 5.75 Å². The molecule has 8 heteroatoms. The van der Waals surface area contributed by atoms with Crippen LogP contribution in [0.2, 0.25) is 0 Å². The third-order valence-electron chi connectivity index (χ3n) is 3.74. The molecular formula is C17H20N2O6. The Balaban J connectivity index is 2.46. The molecule has 0 aromatic heterocycles. The van der Waals surface area contributed by atoms with Gasteiger partial charge in [0, 0.05) is 27.8 Å². The summed E-state index contributed by atoms with van der Waals surface area (Å²) in [5.41, 5.74) is 1.48. The molecule has 1 unspecified atom stereocenters. The van der Waals surface area contributed by atoms with Gasteiger partial charge in [-0.05, 0) is 18.1 Å². The van der Waals surface area contributed by atoms with Gasteiger partial charge in [-0.25, -0.2) is 0 Å². The number of rotatable bonds is 4. The van der Waals surface area contributed by atoms with Gasteiger partial charge in [0.15, 0.2) is 5.75 Å². The van der Waals surface area contributed by atoms with Gasteiger partial charge in [-0.3, -0.25) is 19.2 Å². The summed E-state index contributed by atoms with van der Waals surface area (Å²) in [5.74, 6) is -2.00. The minimum absolute atomic E-state index is 0.0196. The molecule has 1 aliphatic heterocycles. The highest BCUT2D eigenvalue weighted by atomic mass is 16.5. The molecule has 0 aliphatic carbocycles. The highest BCUT2D eigenvalue weighted by Crippen LogP contribution is 2.43. The number of nitrogens with zero attached hydrogens (tertiary/aromatic N) is 1. The normalized spacial score (nSPS) is 16.1. The van der Waals surface area contributed by atoms with E-state index in [9.17, 15) is 19.2 Å². The summed E-state index contributed by atoms with van der Waals surface area (Å²) in [6.45, 7) is 3.84. The number of ether oxygens (including phenoxy) is 2. The van der Waals surface area contributed by atoms with Gasteiger partial charge < -0.3 is 19.7 Å². The zero-order valence-corrected chi connectivity index (χ0v) is 14.5. The Morgan fingerprint density at radius 3 is 2.44 bits per heavy atom. The fourth-order valence-electron chi connectivity index (χ4n) is 2.76. The van der Waals surface area contributed by atoms with Crippen LogP contribution in [0.15, 0.2) is 12.1 Å². The minimum Gasteiger partial charge on any atom is -0.465 e. The quantitative estimate of drug-likeness (QED) is 0.649. The number of benzene rings is 1. The van der Waals surface area contributed by atoms with Crippen molar-refractivity contribution in [3.8, 4) is 5.75 Å². The standard InChI is InChI=1S/C17H20N2O6/c1-9(20)18-14-6-5-12-7-13(8-24-10(2)21)17(23)19(4)15(12)16(14)25-11(3)22/h5-6,13H,7-8H2,1-4H3,(H,18,20). The number of anilines is 2. The molecule has 0 spiro atoms. The summed E-state index contributed by atoms with van der Waals surface area (Å²) in [7, 11) is 1.55. The van der Waals surface area contributed by atoms with E-state index in [0.717, 1.165) is 5.56 Å². The molecule has 0 radical (unpaired) electrons. The van der Waals surface area contributed by atoms with E-state index in [1.807, 2.05) is 0 Å². The van der Waals surface area contributed by atoms with Crippen LogP contribution in [0.25, 0.3) is 0 Å². The van der Waals surface area contributed by atoms with Crippen LogP contribution in [0.4, 0.5) is 11.4 Å². The van der Waals surface area contributed by atoms with Gasteiger partial charge >= 0.3 is 11.9 Å². The third-order valence-corrected chi connectivity index (χ3v) is 3.74. The second kappa shape index (κ2) is 7.33. The molecule has 2 amide bonds. The molecule has 2 rings (SSSR count). The minimum atomic E-state index is -0.567. The summed E-state index contributed by atoms with van der Waals surface area (Å²) in [6.07, 6.45) is 0.334. The van der Waals surface area contributed by atoms with Gasteiger partial charge in [-0.1, -0.05) is 6.07 Å². The fraction of sp³-hybridized carbons (Fsp3) is 0.412. The van der Waals surface area contributed by atoms with E-state index >= 15 is 0 Å². The highest BCUT2D eigenvalue weighted by molar-refractivity contribution is 6.03. The number of carbonyl (C=O) groups excluding carboxylic acids is 4. The van der Waals surface area contributed by atoms with E-state index in [2.05, 4.69) is 5.32 Å². The molecule has 1 N–H and O–H groups in total. The zero-order valence-electron chi connectivity index (χ0n) is 14.5. The van der Waals surface area contributed by atoms with Crippen LogP contribution in [-0.4, -0.2) is 37.4 Å². The monoisotopic (exact) mass is 348 g/mol. The number of nitrogens with one attached hydrogen (secondary N) is 1. The van der Waals surface area contributed by atoms with E-state index in [-0.39, 0.29) is 24.2 Å². The van der Waals surface area contributed by atoms with Gasteiger partial charge in [0.1, 0.15) is 6.61 Å². The lowest BCUT2D eigenvalue weighted by molar-refractivity contribution is -0.144. The number of fused-ring (bicyclic) bond motifs is 1. The van der Waals surface area contributed by atoms with Gasteiger partial charge in [0.05, 0.1) is 17.3 Å². The number of esters is 2. The van der Waals surface area contributed by atoms with E-state index < -0.39 is 17.9 Å². The molecule has 1 aromatic rings. The first kappa shape index (κ1) is 18.4. The largest absolute Gasteiger partial charge is 0.465 e. The third kappa shape index (κ3) is 4.14. The Hall–Kier alpha value is -2.90. The molecule has 0 saturated carbocycles. The van der Waals surface area contributed by atoms with Crippen molar-refractivity contribution in [1.29, 1.82) is 0 Å². The Labute approximate surface area is 145 Å². The number of hydrogen-bond acceptors (Lipinski definition) is 6. The molecule has 0 fully saturated rings. The maximum absolute atomic E-state index is 12.6.